The van der Waals surface area contributed by atoms with E-state index in [1.54, 1.807) is 6.34 Å². The Morgan fingerprint density at radius 2 is 2.09 bits per heavy atom. The van der Waals surface area contributed by atoms with Crippen molar-refractivity contribution in [2.24, 2.45) is 4.99 Å². The molecule has 0 aliphatic heterocycles. The fraction of sp³-hybridized carbons (Fsp3) is 0.333. The van der Waals surface area contributed by atoms with Gasteiger partial charge in [-0.1, -0.05) is 23.2 Å². The maximum Gasteiger partial charge on any atom is 0.254 e. The van der Waals surface area contributed by atoms with E-state index in [0.29, 0.717) is 5.75 Å². The molecule has 0 radical (unpaired) electrons. The Bertz CT molecular complexity index is 603. The molecule has 7 heteroatoms. The Labute approximate surface area is 145 Å². The van der Waals surface area contributed by atoms with Crippen molar-refractivity contribution in [1.29, 1.82) is 5.41 Å². The molecule has 0 amide bonds. The van der Waals surface area contributed by atoms with E-state index in [1.807, 2.05) is 37.9 Å². The van der Waals surface area contributed by atoms with Gasteiger partial charge < -0.3 is 9.64 Å². The quantitative estimate of drug-likeness (QED) is 0.577. The average molecular weight is 360 g/mol. The van der Waals surface area contributed by atoms with Crippen LogP contribution in [0.5, 0.6) is 5.75 Å². The molecule has 0 aliphatic rings. The van der Waals surface area contributed by atoms with Gasteiger partial charge in [-0.05, 0) is 55.8 Å². The number of aryl methyl sites for hydroxylation is 2. The van der Waals surface area contributed by atoms with Crippen molar-refractivity contribution in [3.05, 3.63) is 33.2 Å². The van der Waals surface area contributed by atoms with Gasteiger partial charge in [0.25, 0.3) is 5.23 Å². The number of hydrogen-bond acceptors (Lipinski definition) is 4. The zero-order valence-electron chi connectivity index (χ0n) is 13.0. The lowest BCUT2D eigenvalue weighted by Gasteiger charge is -2.12. The van der Waals surface area contributed by atoms with Crippen LogP contribution in [0, 0.1) is 19.3 Å². The molecule has 1 aromatic carbocycles. The molecule has 1 aromatic rings. The number of halogens is 2. The third kappa shape index (κ3) is 5.91. The lowest BCUT2D eigenvalue weighted by Crippen LogP contribution is -2.14. The number of ether oxygens (including phenoxy) is 1. The largest absolute Gasteiger partial charge is 0.434 e. The van der Waals surface area contributed by atoms with Gasteiger partial charge in [-0.25, -0.2) is 4.99 Å². The molecular formula is C15H19Cl2N3OS. The smallest absolute Gasteiger partial charge is 0.254 e. The summed E-state index contributed by atoms with van der Waals surface area (Å²) in [5, 5.41) is 7.73. The van der Waals surface area contributed by atoms with Crippen molar-refractivity contribution >= 4 is 52.2 Å². The molecular weight excluding hydrogens is 341 g/mol. The van der Waals surface area contributed by atoms with Crippen LogP contribution >= 0.6 is 35.0 Å². The van der Waals surface area contributed by atoms with Crippen LogP contribution in [0.25, 0.3) is 0 Å². The minimum absolute atomic E-state index is 0.0358. The molecule has 0 unspecified atom stereocenters. The summed E-state index contributed by atoms with van der Waals surface area (Å²) in [5.41, 5.74) is 3.94. The first-order valence-corrected chi connectivity index (χ1v) is 8.26. The summed E-state index contributed by atoms with van der Waals surface area (Å²) < 4.78 is 5.78. The molecule has 0 aliphatic carbocycles. The van der Waals surface area contributed by atoms with Gasteiger partial charge in [-0.2, -0.15) is 0 Å². The fourth-order valence-electron chi connectivity index (χ4n) is 1.50. The highest BCUT2D eigenvalue weighted by Crippen LogP contribution is 2.30. The summed E-state index contributed by atoms with van der Waals surface area (Å²) in [7, 11) is 1.97. The lowest BCUT2D eigenvalue weighted by molar-refractivity contribution is 0.551. The topological polar surface area (TPSA) is 48.7 Å². The van der Waals surface area contributed by atoms with Gasteiger partial charge in [0.15, 0.2) is 0 Å². The van der Waals surface area contributed by atoms with Crippen LogP contribution in [0.4, 0.5) is 5.69 Å². The highest BCUT2D eigenvalue weighted by molar-refractivity contribution is 8.18. The SMILES string of the molecule is CCN(C)C=Nc1cc(C)c(OC(=N)S/C(Cl)=C/Cl)cc1C. The Hall–Kier alpha value is -1.17. The van der Waals surface area contributed by atoms with Crippen LogP contribution in [0.1, 0.15) is 18.1 Å². The second kappa shape index (κ2) is 9.08. The number of thioether (sulfide) groups is 1. The first-order valence-electron chi connectivity index (χ1n) is 6.63. The Morgan fingerprint density at radius 1 is 1.41 bits per heavy atom. The van der Waals surface area contributed by atoms with Crippen LogP contribution < -0.4 is 4.74 Å². The molecule has 0 atom stereocenters. The van der Waals surface area contributed by atoms with E-state index in [4.69, 9.17) is 33.3 Å². The molecule has 0 saturated heterocycles. The average Bonchev–Trinajstić information content (AvgIpc) is 2.48. The maximum atomic E-state index is 7.76. The summed E-state index contributed by atoms with van der Waals surface area (Å²) >= 11 is 12.2. The summed E-state index contributed by atoms with van der Waals surface area (Å²) in [6.07, 6.45) is 1.80. The molecule has 120 valence electrons. The van der Waals surface area contributed by atoms with E-state index in [0.717, 1.165) is 35.1 Å². The minimum Gasteiger partial charge on any atom is -0.434 e. The summed E-state index contributed by atoms with van der Waals surface area (Å²) in [4.78, 5) is 6.45. The second-order valence-corrected chi connectivity index (χ2v) is 6.49. The van der Waals surface area contributed by atoms with Gasteiger partial charge in [-0.15, -0.1) is 0 Å². The van der Waals surface area contributed by atoms with Crippen LogP contribution in [0.2, 0.25) is 0 Å². The second-order valence-electron chi connectivity index (χ2n) is 4.63. The van der Waals surface area contributed by atoms with E-state index < -0.39 is 0 Å². The van der Waals surface area contributed by atoms with Gasteiger partial charge in [0.05, 0.1) is 16.4 Å². The molecule has 0 aromatic heterocycles. The number of rotatable bonds is 5. The van der Waals surface area contributed by atoms with Crippen LogP contribution in [-0.2, 0) is 0 Å². The van der Waals surface area contributed by atoms with Crippen molar-refractivity contribution in [2.75, 3.05) is 13.6 Å². The third-order valence-electron chi connectivity index (χ3n) is 2.86. The third-order valence-corrected chi connectivity index (χ3v) is 4.25. The van der Waals surface area contributed by atoms with E-state index >= 15 is 0 Å². The van der Waals surface area contributed by atoms with Crippen LogP contribution in [0.3, 0.4) is 0 Å². The van der Waals surface area contributed by atoms with Crippen molar-refractivity contribution in [3.63, 3.8) is 0 Å². The van der Waals surface area contributed by atoms with Gasteiger partial charge in [0.2, 0.25) is 0 Å². The van der Waals surface area contributed by atoms with Gasteiger partial charge in [0.1, 0.15) is 5.75 Å². The normalized spacial score (nSPS) is 11.8. The maximum absolute atomic E-state index is 7.76. The van der Waals surface area contributed by atoms with Crippen LogP contribution in [-0.4, -0.2) is 30.1 Å². The number of hydrogen-bond donors (Lipinski definition) is 1. The molecule has 0 saturated carbocycles. The van der Waals surface area contributed by atoms with Crippen molar-refractivity contribution in [3.8, 4) is 5.75 Å². The number of aliphatic imine (C=N–C) groups is 1. The number of nitrogens with zero attached hydrogens (tertiary/aromatic N) is 2. The molecule has 1 rings (SSSR count). The van der Waals surface area contributed by atoms with Crippen molar-refractivity contribution < 1.29 is 4.74 Å². The standard InChI is InChI=1S/C15H19Cl2N3OS/c1-5-20(4)9-19-12-6-11(3)13(7-10(12)2)21-15(18)22-14(17)8-16/h6-9,18H,5H2,1-4H3/b14-8+,18-15?,19-9?. The Kier molecular flexibility index (Phi) is 7.79. The van der Waals surface area contributed by atoms with Gasteiger partial charge in [-0.3, -0.25) is 5.41 Å². The first kappa shape index (κ1) is 18.9. The molecule has 0 heterocycles. The predicted molar refractivity (Wildman–Crippen MR) is 98.1 cm³/mol. The molecule has 4 nitrogen and oxygen atoms in total. The Balaban J connectivity index is 2.90. The van der Waals surface area contributed by atoms with E-state index in [2.05, 4.69) is 11.9 Å². The van der Waals surface area contributed by atoms with Crippen LogP contribution in [0.15, 0.2) is 27.0 Å². The highest BCUT2D eigenvalue weighted by Gasteiger charge is 2.09. The van der Waals surface area contributed by atoms with Gasteiger partial charge >= 0.3 is 0 Å². The highest BCUT2D eigenvalue weighted by atomic mass is 35.5. The summed E-state index contributed by atoms with van der Waals surface area (Å²) in [5.74, 6) is 0.608. The predicted octanol–water partition coefficient (Wildman–Crippen LogP) is 5.24. The number of benzene rings is 1. The molecule has 1 N–H and O–H groups in total. The number of nitrogens with one attached hydrogen (secondary N) is 1. The summed E-state index contributed by atoms with van der Waals surface area (Å²) in [6, 6.07) is 3.79. The zero-order chi connectivity index (χ0) is 16.7. The van der Waals surface area contributed by atoms with Crippen molar-refractivity contribution in [2.45, 2.75) is 20.8 Å². The lowest BCUT2D eigenvalue weighted by atomic mass is 10.1. The van der Waals surface area contributed by atoms with Crippen molar-refractivity contribution in [1.82, 2.24) is 4.90 Å². The Morgan fingerprint density at radius 3 is 2.68 bits per heavy atom. The summed E-state index contributed by atoms with van der Waals surface area (Å²) in [6.45, 7) is 6.82. The molecule has 0 bridgehead atoms. The zero-order valence-corrected chi connectivity index (χ0v) is 15.3. The molecule has 0 spiro atoms. The van der Waals surface area contributed by atoms with E-state index in [1.165, 1.54) is 5.54 Å². The van der Waals surface area contributed by atoms with E-state index in [-0.39, 0.29) is 9.59 Å². The minimum atomic E-state index is -0.0358. The van der Waals surface area contributed by atoms with E-state index in [9.17, 15) is 0 Å². The first-order chi connectivity index (χ1) is 10.4. The fourth-order valence-corrected chi connectivity index (χ4v) is 2.19. The molecule has 0 fully saturated rings. The monoisotopic (exact) mass is 359 g/mol. The van der Waals surface area contributed by atoms with Gasteiger partial charge in [0, 0.05) is 19.1 Å². The molecule has 22 heavy (non-hydrogen) atoms.